The molecule has 3 heterocycles. The Bertz CT molecular complexity index is 774. The van der Waals surface area contributed by atoms with Crippen LogP contribution in [0.2, 0.25) is 0 Å². The standard InChI is InChI=1S/C21H25NO3S/c1-15-22-18(16-6-3-2-4-7-16)19(26-15)21-12-10-20(11-13-21,14-25-21)9-5-8-17(23)24/h2-4,6-7H,5,8-14H2,1H3,(H,23,24). The van der Waals surface area contributed by atoms with Crippen molar-refractivity contribution in [1.29, 1.82) is 0 Å². The minimum absolute atomic E-state index is 0.184. The number of carboxylic acid groups (broad SMARTS) is 1. The fourth-order valence-electron chi connectivity index (χ4n) is 4.52. The summed E-state index contributed by atoms with van der Waals surface area (Å²) in [7, 11) is 0. The number of benzene rings is 1. The topological polar surface area (TPSA) is 59.4 Å². The predicted molar refractivity (Wildman–Crippen MR) is 102 cm³/mol. The maximum Gasteiger partial charge on any atom is 0.303 e. The summed E-state index contributed by atoms with van der Waals surface area (Å²) in [5, 5.41) is 9.99. The number of carbonyl (C=O) groups is 1. The van der Waals surface area contributed by atoms with Crippen molar-refractivity contribution in [2.24, 2.45) is 5.41 Å². The van der Waals surface area contributed by atoms with Gasteiger partial charge in [0, 0.05) is 12.0 Å². The van der Waals surface area contributed by atoms with Crippen LogP contribution in [0.25, 0.3) is 11.3 Å². The zero-order valence-corrected chi connectivity index (χ0v) is 16.0. The molecular weight excluding hydrogens is 346 g/mol. The molecule has 0 atom stereocenters. The number of aryl methyl sites for hydroxylation is 1. The molecule has 3 aliphatic rings. The van der Waals surface area contributed by atoms with Gasteiger partial charge in [-0.15, -0.1) is 11.3 Å². The van der Waals surface area contributed by atoms with Crippen molar-refractivity contribution >= 4 is 17.3 Å². The number of nitrogens with zero attached hydrogens (tertiary/aromatic N) is 1. The number of aliphatic carboxylic acids is 1. The van der Waals surface area contributed by atoms with Crippen molar-refractivity contribution in [2.75, 3.05) is 6.61 Å². The molecule has 1 N–H and O–H groups in total. The van der Waals surface area contributed by atoms with Gasteiger partial charge in [-0.2, -0.15) is 0 Å². The van der Waals surface area contributed by atoms with E-state index in [1.165, 1.54) is 4.88 Å². The van der Waals surface area contributed by atoms with Crippen LogP contribution in [0, 0.1) is 12.3 Å². The van der Waals surface area contributed by atoms with Crippen molar-refractivity contribution in [3.8, 4) is 11.3 Å². The summed E-state index contributed by atoms with van der Waals surface area (Å²) in [6.07, 6.45) is 6.25. The molecule has 2 saturated heterocycles. The Morgan fingerprint density at radius 2 is 1.96 bits per heavy atom. The summed E-state index contributed by atoms with van der Waals surface area (Å²) in [6, 6.07) is 10.4. The van der Waals surface area contributed by atoms with Gasteiger partial charge in [-0.05, 0) is 50.9 Å². The van der Waals surface area contributed by atoms with E-state index in [1.807, 2.05) is 6.07 Å². The minimum atomic E-state index is -0.698. The van der Waals surface area contributed by atoms with Crippen LogP contribution in [0.1, 0.15) is 54.8 Å². The van der Waals surface area contributed by atoms with E-state index in [9.17, 15) is 4.79 Å². The van der Waals surface area contributed by atoms with Gasteiger partial charge in [0.25, 0.3) is 0 Å². The Morgan fingerprint density at radius 1 is 1.23 bits per heavy atom. The molecule has 0 radical (unpaired) electrons. The van der Waals surface area contributed by atoms with E-state index >= 15 is 0 Å². The van der Waals surface area contributed by atoms with Crippen LogP contribution < -0.4 is 0 Å². The van der Waals surface area contributed by atoms with Gasteiger partial charge in [-0.1, -0.05) is 30.3 Å². The monoisotopic (exact) mass is 371 g/mol. The van der Waals surface area contributed by atoms with Crippen LogP contribution in [-0.4, -0.2) is 22.7 Å². The van der Waals surface area contributed by atoms with Crippen molar-refractivity contribution in [3.63, 3.8) is 0 Å². The molecule has 2 bridgehead atoms. The zero-order valence-electron chi connectivity index (χ0n) is 15.2. The molecule has 0 amide bonds. The second-order valence-electron chi connectivity index (χ2n) is 7.81. The van der Waals surface area contributed by atoms with Crippen LogP contribution in [0.3, 0.4) is 0 Å². The summed E-state index contributed by atoms with van der Waals surface area (Å²) < 4.78 is 6.51. The maximum atomic E-state index is 10.8. The summed E-state index contributed by atoms with van der Waals surface area (Å²) in [6.45, 7) is 2.82. The SMILES string of the molecule is Cc1nc(-c2ccccc2)c(C23CCC(CCCC(=O)O)(CC2)CO3)s1. The van der Waals surface area contributed by atoms with E-state index in [0.717, 1.165) is 61.4 Å². The zero-order chi connectivity index (χ0) is 18.2. The lowest BCUT2D eigenvalue weighted by Gasteiger charge is -2.53. The number of fused-ring (bicyclic) bond motifs is 3. The molecule has 5 rings (SSSR count). The average Bonchev–Trinajstić information content (AvgIpc) is 3.06. The molecule has 1 aromatic carbocycles. The van der Waals surface area contributed by atoms with Crippen molar-refractivity contribution in [3.05, 3.63) is 40.2 Å². The van der Waals surface area contributed by atoms with Crippen molar-refractivity contribution in [1.82, 2.24) is 4.98 Å². The molecule has 138 valence electrons. The highest BCUT2D eigenvalue weighted by atomic mass is 32.1. The fourth-order valence-corrected chi connectivity index (χ4v) is 5.66. The van der Waals surface area contributed by atoms with E-state index in [1.54, 1.807) is 11.3 Å². The lowest BCUT2D eigenvalue weighted by molar-refractivity contribution is -0.190. The molecule has 2 aromatic rings. The molecule has 4 nitrogen and oxygen atoms in total. The normalized spacial score (nSPS) is 27.6. The van der Waals surface area contributed by atoms with Gasteiger partial charge in [0.2, 0.25) is 0 Å². The third kappa shape index (κ3) is 3.19. The van der Waals surface area contributed by atoms with E-state index in [2.05, 4.69) is 31.2 Å². The van der Waals surface area contributed by atoms with Crippen LogP contribution in [0.4, 0.5) is 0 Å². The van der Waals surface area contributed by atoms with E-state index in [0.29, 0.717) is 0 Å². The summed E-state index contributed by atoms with van der Waals surface area (Å²) in [5.41, 5.74) is 2.22. The number of carboxylic acids is 1. The third-order valence-electron chi connectivity index (χ3n) is 6.07. The Balaban J connectivity index is 1.56. The largest absolute Gasteiger partial charge is 0.481 e. The first-order valence-electron chi connectivity index (χ1n) is 9.41. The molecule has 3 fully saturated rings. The Labute approximate surface area is 158 Å². The molecule has 0 unspecified atom stereocenters. The predicted octanol–water partition coefficient (Wildman–Crippen LogP) is 5.16. The number of hydrogen-bond acceptors (Lipinski definition) is 4. The maximum absolute atomic E-state index is 10.8. The molecular formula is C21H25NO3S. The molecule has 2 aliphatic heterocycles. The van der Waals surface area contributed by atoms with Crippen LogP contribution in [-0.2, 0) is 15.1 Å². The second kappa shape index (κ2) is 6.78. The van der Waals surface area contributed by atoms with E-state index in [4.69, 9.17) is 14.8 Å². The lowest BCUT2D eigenvalue weighted by atomic mass is 9.63. The minimum Gasteiger partial charge on any atom is -0.481 e. The Morgan fingerprint density at radius 3 is 2.58 bits per heavy atom. The highest BCUT2D eigenvalue weighted by Gasteiger charge is 2.52. The first-order valence-corrected chi connectivity index (χ1v) is 10.2. The number of ether oxygens (including phenoxy) is 1. The van der Waals surface area contributed by atoms with Gasteiger partial charge in [0.05, 0.1) is 22.2 Å². The first kappa shape index (κ1) is 17.7. The highest BCUT2D eigenvalue weighted by Crippen LogP contribution is 2.57. The van der Waals surface area contributed by atoms with Crippen molar-refractivity contribution in [2.45, 2.75) is 57.5 Å². The fraction of sp³-hybridized carbons (Fsp3) is 0.524. The summed E-state index contributed by atoms with van der Waals surface area (Å²) in [4.78, 5) is 16.9. The molecule has 1 aromatic heterocycles. The van der Waals surface area contributed by atoms with Gasteiger partial charge in [-0.3, -0.25) is 4.79 Å². The van der Waals surface area contributed by atoms with Gasteiger partial charge in [0.1, 0.15) is 5.60 Å². The molecule has 0 spiro atoms. The van der Waals surface area contributed by atoms with Crippen LogP contribution in [0.15, 0.2) is 30.3 Å². The number of hydrogen-bond donors (Lipinski definition) is 1. The quantitative estimate of drug-likeness (QED) is 0.762. The van der Waals surface area contributed by atoms with Gasteiger partial charge in [-0.25, -0.2) is 4.98 Å². The summed E-state index contributed by atoms with van der Waals surface area (Å²) in [5.74, 6) is -0.698. The molecule has 1 aliphatic carbocycles. The Hall–Kier alpha value is -1.72. The second-order valence-corrected chi connectivity index (χ2v) is 9.01. The molecule has 5 heteroatoms. The first-order chi connectivity index (χ1) is 12.5. The van der Waals surface area contributed by atoms with E-state index < -0.39 is 5.97 Å². The molecule has 26 heavy (non-hydrogen) atoms. The number of rotatable bonds is 6. The Kier molecular flexibility index (Phi) is 4.61. The van der Waals surface area contributed by atoms with Crippen LogP contribution >= 0.6 is 11.3 Å². The molecule has 1 saturated carbocycles. The third-order valence-corrected chi connectivity index (χ3v) is 7.22. The highest BCUT2D eigenvalue weighted by molar-refractivity contribution is 7.12. The number of thiazole rings is 1. The van der Waals surface area contributed by atoms with E-state index in [-0.39, 0.29) is 17.4 Å². The van der Waals surface area contributed by atoms with Crippen LogP contribution in [0.5, 0.6) is 0 Å². The number of aromatic nitrogens is 1. The average molecular weight is 372 g/mol. The van der Waals surface area contributed by atoms with Gasteiger partial charge in [0.15, 0.2) is 0 Å². The lowest BCUT2D eigenvalue weighted by Crippen LogP contribution is -2.49. The van der Waals surface area contributed by atoms with Gasteiger partial charge >= 0.3 is 5.97 Å². The van der Waals surface area contributed by atoms with Crippen molar-refractivity contribution < 1.29 is 14.6 Å². The summed E-state index contributed by atoms with van der Waals surface area (Å²) >= 11 is 1.77. The smallest absolute Gasteiger partial charge is 0.303 e. The van der Waals surface area contributed by atoms with Gasteiger partial charge < -0.3 is 9.84 Å².